The highest BCUT2D eigenvalue weighted by Crippen LogP contribution is 2.39. The molecule has 0 saturated carbocycles. The molecule has 2 atom stereocenters. The summed E-state index contributed by atoms with van der Waals surface area (Å²) < 4.78 is 5.55. The van der Waals surface area contributed by atoms with Gasteiger partial charge in [0.05, 0.1) is 23.0 Å². The summed E-state index contributed by atoms with van der Waals surface area (Å²) in [7, 11) is 1.49. The number of ether oxygens (including phenoxy) is 1. The summed E-state index contributed by atoms with van der Waals surface area (Å²) in [5, 5.41) is 15.9. The second kappa shape index (κ2) is 8.83. The van der Waals surface area contributed by atoms with Crippen LogP contribution in [0.25, 0.3) is 10.8 Å². The number of nitro groups is 1. The number of nitro benzene ring substituents is 1. The number of methoxy groups -OCH3 is 1. The molecule has 1 amide bonds. The second-order valence-corrected chi connectivity index (χ2v) is 8.96. The third-order valence-electron chi connectivity index (χ3n) is 7.05. The van der Waals surface area contributed by atoms with Gasteiger partial charge in [-0.3, -0.25) is 19.8 Å². The number of amides is 1. The van der Waals surface area contributed by atoms with Crippen molar-refractivity contribution in [3.8, 4) is 5.75 Å². The van der Waals surface area contributed by atoms with Crippen molar-refractivity contribution in [3.05, 3.63) is 81.9 Å². The Labute approximate surface area is 192 Å². The van der Waals surface area contributed by atoms with E-state index in [9.17, 15) is 14.9 Å². The minimum absolute atomic E-state index is 0.0391. The summed E-state index contributed by atoms with van der Waals surface area (Å²) in [6, 6.07) is 19.7. The SMILES string of the molecule is COc1c(C(=O)NC2CC3CCC(C2)N3Cc2ccccc2)cc([N+](=O)[O-])c2ccccc12. The molecule has 2 aliphatic rings. The maximum Gasteiger partial charge on any atom is 0.278 e. The molecule has 2 heterocycles. The summed E-state index contributed by atoms with van der Waals surface area (Å²) in [5.74, 6) is 0.0554. The quantitative estimate of drug-likeness (QED) is 0.440. The van der Waals surface area contributed by atoms with Gasteiger partial charge in [0, 0.05) is 36.1 Å². The summed E-state index contributed by atoms with van der Waals surface area (Å²) in [5.41, 5.74) is 1.43. The number of rotatable bonds is 6. The molecular formula is C26H27N3O4. The molecule has 2 bridgehead atoms. The minimum atomic E-state index is -0.444. The monoisotopic (exact) mass is 445 g/mol. The molecule has 2 unspecified atom stereocenters. The van der Waals surface area contributed by atoms with Crippen molar-refractivity contribution >= 4 is 22.4 Å². The number of fused-ring (bicyclic) bond motifs is 3. The normalized spacial score (nSPS) is 22.3. The van der Waals surface area contributed by atoms with E-state index in [2.05, 4.69) is 34.5 Å². The number of non-ortho nitro benzene ring substituents is 1. The van der Waals surface area contributed by atoms with E-state index in [0.29, 0.717) is 28.6 Å². The Hall–Kier alpha value is -3.45. The van der Waals surface area contributed by atoms with Crippen LogP contribution in [-0.4, -0.2) is 41.0 Å². The Morgan fingerprint density at radius 3 is 2.33 bits per heavy atom. The average Bonchev–Trinajstić information content (AvgIpc) is 3.05. The standard InChI is InChI=1S/C26H27N3O4/c1-33-25-22-10-6-5-9-21(22)24(29(31)32)15-23(25)26(30)27-18-13-19-11-12-20(14-18)28(19)16-17-7-3-2-4-8-17/h2-10,15,18-20H,11-14,16H2,1H3,(H,27,30). The molecule has 1 N–H and O–H groups in total. The van der Waals surface area contributed by atoms with Crippen molar-refractivity contribution in [1.29, 1.82) is 0 Å². The van der Waals surface area contributed by atoms with Gasteiger partial charge < -0.3 is 10.1 Å². The third kappa shape index (κ3) is 4.04. The van der Waals surface area contributed by atoms with Gasteiger partial charge in [0.25, 0.3) is 11.6 Å². The number of nitrogens with zero attached hydrogens (tertiary/aromatic N) is 2. The van der Waals surface area contributed by atoms with Gasteiger partial charge in [0.2, 0.25) is 0 Å². The van der Waals surface area contributed by atoms with Crippen molar-refractivity contribution in [2.75, 3.05) is 7.11 Å². The van der Waals surface area contributed by atoms with Gasteiger partial charge in [-0.1, -0.05) is 48.5 Å². The molecule has 5 rings (SSSR count). The predicted octanol–water partition coefficient (Wildman–Crippen LogP) is 4.68. The van der Waals surface area contributed by atoms with Crippen LogP contribution in [0.4, 0.5) is 5.69 Å². The number of carbonyl (C=O) groups is 1. The van der Waals surface area contributed by atoms with Gasteiger partial charge >= 0.3 is 0 Å². The maximum atomic E-state index is 13.3. The summed E-state index contributed by atoms with van der Waals surface area (Å²) in [4.78, 5) is 27.1. The Bertz CT molecular complexity index is 1180. The largest absolute Gasteiger partial charge is 0.495 e. The van der Waals surface area contributed by atoms with Crippen LogP contribution in [-0.2, 0) is 6.54 Å². The Morgan fingerprint density at radius 2 is 1.70 bits per heavy atom. The van der Waals surface area contributed by atoms with Crippen molar-refractivity contribution in [2.24, 2.45) is 0 Å². The Kier molecular flexibility index (Phi) is 5.72. The molecule has 2 fully saturated rings. The Balaban J connectivity index is 1.36. The minimum Gasteiger partial charge on any atom is -0.495 e. The van der Waals surface area contributed by atoms with Crippen LogP contribution in [0.1, 0.15) is 41.6 Å². The molecule has 0 spiro atoms. The predicted molar refractivity (Wildman–Crippen MR) is 126 cm³/mol. The van der Waals surface area contributed by atoms with Crippen molar-refractivity contribution in [1.82, 2.24) is 10.2 Å². The molecule has 33 heavy (non-hydrogen) atoms. The molecular weight excluding hydrogens is 418 g/mol. The molecule has 3 aromatic carbocycles. The fourth-order valence-electron chi connectivity index (χ4n) is 5.58. The summed E-state index contributed by atoms with van der Waals surface area (Å²) >= 11 is 0. The smallest absolute Gasteiger partial charge is 0.278 e. The first-order valence-electron chi connectivity index (χ1n) is 11.4. The number of benzene rings is 3. The first-order valence-corrected chi connectivity index (χ1v) is 11.4. The van der Waals surface area contributed by atoms with Crippen molar-refractivity contribution in [2.45, 2.75) is 50.4 Å². The van der Waals surface area contributed by atoms with E-state index in [1.165, 1.54) is 18.7 Å². The lowest BCUT2D eigenvalue weighted by molar-refractivity contribution is -0.383. The zero-order chi connectivity index (χ0) is 22.9. The highest BCUT2D eigenvalue weighted by molar-refractivity contribution is 6.07. The first-order chi connectivity index (χ1) is 16.0. The molecule has 7 nitrogen and oxygen atoms in total. The van der Waals surface area contributed by atoms with E-state index in [1.807, 2.05) is 6.07 Å². The van der Waals surface area contributed by atoms with Crippen LogP contribution in [0.2, 0.25) is 0 Å². The van der Waals surface area contributed by atoms with Crippen LogP contribution in [0, 0.1) is 10.1 Å². The van der Waals surface area contributed by atoms with Crippen LogP contribution in [0.15, 0.2) is 60.7 Å². The molecule has 7 heteroatoms. The lowest BCUT2D eigenvalue weighted by Gasteiger charge is -2.39. The van der Waals surface area contributed by atoms with E-state index >= 15 is 0 Å². The zero-order valence-corrected chi connectivity index (χ0v) is 18.6. The highest BCUT2D eigenvalue weighted by Gasteiger charge is 2.41. The number of carbonyl (C=O) groups excluding carboxylic acids is 1. The van der Waals surface area contributed by atoms with Crippen molar-refractivity contribution < 1.29 is 14.5 Å². The van der Waals surface area contributed by atoms with E-state index in [1.54, 1.807) is 24.3 Å². The van der Waals surface area contributed by atoms with Gasteiger partial charge in [-0.2, -0.15) is 0 Å². The van der Waals surface area contributed by atoms with E-state index in [0.717, 1.165) is 32.2 Å². The molecule has 0 aromatic heterocycles. The van der Waals surface area contributed by atoms with Crippen LogP contribution < -0.4 is 10.1 Å². The number of nitrogens with one attached hydrogen (secondary N) is 1. The lowest BCUT2D eigenvalue weighted by Crippen LogP contribution is -2.50. The summed E-state index contributed by atoms with van der Waals surface area (Å²) in [6.45, 7) is 0.932. The average molecular weight is 446 g/mol. The molecule has 2 saturated heterocycles. The highest BCUT2D eigenvalue weighted by atomic mass is 16.6. The van der Waals surface area contributed by atoms with Gasteiger partial charge in [0.1, 0.15) is 5.75 Å². The molecule has 2 aliphatic heterocycles. The molecule has 0 radical (unpaired) electrons. The Morgan fingerprint density at radius 1 is 1.06 bits per heavy atom. The lowest BCUT2D eigenvalue weighted by atomic mass is 9.95. The number of piperidine rings is 1. The number of hydrogen-bond donors (Lipinski definition) is 1. The molecule has 170 valence electrons. The first kappa shape index (κ1) is 21.4. The van der Waals surface area contributed by atoms with E-state index in [4.69, 9.17) is 4.74 Å². The fraction of sp³-hybridized carbons (Fsp3) is 0.346. The van der Waals surface area contributed by atoms with E-state index < -0.39 is 4.92 Å². The van der Waals surface area contributed by atoms with E-state index in [-0.39, 0.29) is 23.2 Å². The van der Waals surface area contributed by atoms with Gasteiger partial charge in [-0.15, -0.1) is 0 Å². The number of hydrogen-bond acceptors (Lipinski definition) is 5. The fourth-order valence-corrected chi connectivity index (χ4v) is 5.58. The third-order valence-corrected chi connectivity index (χ3v) is 7.05. The second-order valence-electron chi connectivity index (χ2n) is 8.96. The van der Waals surface area contributed by atoms with Gasteiger partial charge in [-0.25, -0.2) is 0 Å². The van der Waals surface area contributed by atoms with Crippen LogP contribution in [0.3, 0.4) is 0 Å². The zero-order valence-electron chi connectivity index (χ0n) is 18.6. The maximum absolute atomic E-state index is 13.3. The molecule has 3 aromatic rings. The van der Waals surface area contributed by atoms with Crippen LogP contribution in [0.5, 0.6) is 5.75 Å². The van der Waals surface area contributed by atoms with Gasteiger partial charge in [0.15, 0.2) is 0 Å². The summed E-state index contributed by atoms with van der Waals surface area (Å²) in [6.07, 6.45) is 4.03. The van der Waals surface area contributed by atoms with Crippen molar-refractivity contribution in [3.63, 3.8) is 0 Å². The topological polar surface area (TPSA) is 84.7 Å². The molecule has 0 aliphatic carbocycles. The van der Waals surface area contributed by atoms with Gasteiger partial charge in [-0.05, 0) is 37.3 Å². The van der Waals surface area contributed by atoms with Crippen LogP contribution >= 0.6 is 0 Å².